The Hall–Kier alpha value is -0.500. The van der Waals surface area contributed by atoms with Crippen molar-refractivity contribution in [1.29, 1.82) is 0 Å². The summed E-state index contributed by atoms with van der Waals surface area (Å²) >= 11 is 0. The molecule has 2 nitrogen and oxygen atoms in total. The van der Waals surface area contributed by atoms with E-state index in [-0.39, 0.29) is 6.10 Å². The number of fused-ring (bicyclic) bond motifs is 1. The predicted molar refractivity (Wildman–Crippen MR) is 34.8 cm³/mol. The lowest BCUT2D eigenvalue weighted by Crippen LogP contribution is -2.18. The third-order valence-corrected chi connectivity index (χ3v) is 2.50. The second-order valence-electron chi connectivity index (χ2n) is 3.01. The summed E-state index contributed by atoms with van der Waals surface area (Å²) in [7, 11) is 2.00. The van der Waals surface area contributed by atoms with Crippen molar-refractivity contribution in [2.45, 2.75) is 18.6 Å². The Balaban J connectivity index is 2.23. The average Bonchev–Trinajstić information content (AvgIpc) is 2.56. The second-order valence-corrected chi connectivity index (χ2v) is 3.01. The summed E-state index contributed by atoms with van der Waals surface area (Å²) in [6, 6.07) is 0.618. The third-order valence-electron chi connectivity index (χ3n) is 2.50. The fraction of sp³-hybridized carbons (Fsp3) is 0.714. The molecular formula is C7H11NO. The molecule has 0 aromatic carbocycles. The van der Waals surface area contributed by atoms with Crippen LogP contribution in [-0.2, 0) is 0 Å². The van der Waals surface area contributed by atoms with E-state index in [1.165, 1.54) is 0 Å². The van der Waals surface area contributed by atoms with Gasteiger partial charge in [-0.2, -0.15) is 0 Å². The summed E-state index contributed by atoms with van der Waals surface area (Å²) < 4.78 is 0. The van der Waals surface area contributed by atoms with Gasteiger partial charge in [0.05, 0.1) is 6.10 Å². The van der Waals surface area contributed by atoms with E-state index >= 15 is 0 Å². The first-order chi connectivity index (χ1) is 4.22. The van der Waals surface area contributed by atoms with Crippen LogP contribution in [0.25, 0.3) is 0 Å². The molecule has 0 bridgehead atoms. The summed E-state index contributed by atoms with van der Waals surface area (Å²) in [5.41, 5.74) is 0.899. The maximum absolute atomic E-state index is 9.34. The Labute approximate surface area is 54.8 Å². The number of rotatable bonds is 0. The average molecular weight is 125 g/mol. The zero-order chi connectivity index (χ0) is 6.59. The zero-order valence-electron chi connectivity index (χ0n) is 5.54. The maximum Gasteiger partial charge on any atom is 0.0978 e. The Kier molecular flexibility index (Phi) is 0.776. The van der Waals surface area contributed by atoms with E-state index in [4.69, 9.17) is 0 Å². The molecule has 50 valence electrons. The second kappa shape index (κ2) is 1.32. The Morgan fingerprint density at radius 2 is 2.44 bits per heavy atom. The van der Waals surface area contributed by atoms with Crippen molar-refractivity contribution >= 4 is 0 Å². The Bertz CT molecular complexity index is 150. The van der Waals surface area contributed by atoms with E-state index in [1.54, 1.807) is 0 Å². The van der Waals surface area contributed by atoms with E-state index < -0.39 is 0 Å². The third kappa shape index (κ3) is 0.491. The first kappa shape index (κ1) is 5.30. The fourth-order valence-electron chi connectivity index (χ4n) is 1.65. The van der Waals surface area contributed by atoms with Gasteiger partial charge in [-0.25, -0.2) is 0 Å². The van der Waals surface area contributed by atoms with Gasteiger partial charge in [0.25, 0.3) is 0 Å². The molecule has 1 aliphatic carbocycles. The molecule has 2 rings (SSSR count). The minimum Gasteiger partial charge on any atom is -0.387 e. The van der Waals surface area contributed by atoms with Gasteiger partial charge >= 0.3 is 0 Å². The van der Waals surface area contributed by atoms with Crippen LogP contribution < -0.4 is 0 Å². The highest BCUT2D eigenvalue weighted by Crippen LogP contribution is 2.47. The van der Waals surface area contributed by atoms with Crippen molar-refractivity contribution in [3.8, 4) is 0 Å². The lowest BCUT2D eigenvalue weighted by molar-refractivity contribution is 0.188. The molecule has 3 unspecified atom stereocenters. The summed E-state index contributed by atoms with van der Waals surface area (Å²) in [6.45, 7) is 3.77. The van der Waals surface area contributed by atoms with Gasteiger partial charge in [-0.1, -0.05) is 6.58 Å². The van der Waals surface area contributed by atoms with Crippen LogP contribution in [0.5, 0.6) is 0 Å². The van der Waals surface area contributed by atoms with Crippen LogP contribution in [0.2, 0.25) is 0 Å². The van der Waals surface area contributed by atoms with Crippen molar-refractivity contribution in [3.63, 3.8) is 0 Å². The molecule has 0 radical (unpaired) electrons. The van der Waals surface area contributed by atoms with Crippen molar-refractivity contribution in [1.82, 2.24) is 4.90 Å². The molecule has 1 saturated heterocycles. The number of piperidine rings is 1. The van der Waals surface area contributed by atoms with Crippen molar-refractivity contribution in [3.05, 3.63) is 12.3 Å². The van der Waals surface area contributed by atoms with Gasteiger partial charge in [0.2, 0.25) is 0 Å². The first-order valence-corrected chi connectivity index (χ1v) is 3.31. The van der Waals surface area contributed by atoms with Gasteiger partial charge in [0, 0.05) is 24.7 Å². The molecule has 1 aliphatic heterocycles. The summed E-state index contributed by atoms with van der Waals surface area (Å²) in [5.74, 6) is 0.516. The molecule has 1 heterocycles. The van der Waals surface area contributed by atoms with Gasteiger partial charge in [-0.3, -0.25) is 0 Å². The number of aliphatic hydroxyl groups excluding tert-OH is 1. The van der Waals surface area contributed by atoms with Crippen LogP contribution in [0.15, 0.2) is 12.3 Å². The molecular weight excluding hydrogens is 114 g/mol. The van der Waals surface area contributed by atoms with E-state index in [2.05, 4.69) is 11.5 Å². The number of likely N-dealkylation sites (N-methyl/N-ethyl adjacent to an activating group) is 1. The zero-order valence-corrected chi connectivity index (χ0v) is 5.54. The van der Waals surface area contributed by atoms with Crippen molar-refractivity contribution < 1.29 is 5.11 Å². The molecule has 3 atom stereocenters. The smallest absolute Gasteiger partial charge is 0.0978 e. The summed E-state index contributed by atoms with van der Waals surface area (Å²) in [4.78, 5) is 2.09. The van der Waals surface area contributed by atoms with E-state index in [1.807, 2.05) is 7.05 Å². The van der Waals surface area contributed by atoms with E-state index in [0.717, 1.165) is 12.1 Å². The molecule has 0 aromatic rings. The normalized spacial score (nSPS) is 47.6. The monoisotopic (exact) mass is 125 g/mol. The quantitative estimate of drug-likeness (QED) is 0.499. The molecule has 2 heteroatoms. The number of aliphatic hydroxyl groups is 1. The maximum atomic E-state index is 9.34. The Morgan fingerprint density at radius 3 is 2.67 bits per heavy atom. The standard InChI is InChI=1S/C7H11NO/c1-4-7(9)5-3-6(5)8(4)2/h5-7,9H,1,3H2,2H3. The SMILES string of the molecule is C=C1C(O)C2CC2N1C. The minimum atomic E-state index is -0.236. The Morgan fingerprint density at radius 1 is 1.78 bits per heavy atom. The van der Waals surface area contributed by atoms with Crippen LogP contribution in [0.4, 0.5) is 0 Å². The van der Waals surface area contributed by atoms with Crippen LogP contribution in [0.1, 0.15) is 6.42 Å². The van der Waals surface area contributed by atoms with Gasteiger partial charge in [0.15, 0.2) is 0 Å². The van der Waals surface area contributed by atoms with Gasteiger partial charge in [0.1, 0.15) is 0 Å². The van der Waals surface area contributed by atoms with E-state index in [9.17, 15) is 5.11 Å². The van der Waals surface area contributed by atoms with E-state index in [0.29, 0.717) is 12.0 Å². The molecule has 0 amide bonds. The predicted octanol–water partition coefficient (Wildman–Crippen LogP) is 0.195. The first-order valence-electron chi connectivity index (χ1n) is 3.31. The van der Waals surface area contributed by atoms with Crippen LogP contribution in [0, 0.1) is 5.92 Å². The van der Waals surface area contributed by atoms with Gasteiger partial charge < -0.3 is 10.0 Å². The molecule has 0 spiro atoms. The number of likely N-dealkylation sites (tertiary alicyclic amines) is 1. The largest absolute Gasteiger partial charge is 0.387 e. The molecule has 1 saturated carbocycles. The molecule has 0 aromatic heterocycles. The number of hydrogen-bond donors (Lipinski definition) is 1. The van der Waals surface area contributed by atoms with Crippen LogP contribution in [0.3, 0.4) is 0 Å². The van der Waals surface area contributed by atoms with Crippen LogP contribution >= 0.6 is 0 Å². The lowest BCUT2D eigenvalue weighted by atomic mass is 10.2. The fourth-order valence-corrected chi connectivity index (χ4v) is 1.65. The highest BCUT2D eigenvalue weighted by molar-refractivity contribution is 5.21. The summed E-state index contributed by atoms with van der Waals surface area (Å²) in [5, 5.41) is 9.34. The lowest BCUT2D eigenvalue weighted by Gasteiger charge is -2.16. The number of nitrogens with zero attached hydrogens (tertiary/aromatic N) is 1. The molecule has 2 aliphatic rings. The topological polar surface area (TPSA) is 23.5 Å². The highest BCUT2D eigenvalue weighted by Gasteiger charge is 2.53. The van der Waals surface area contributed by atoms with Crippen molar-refractivity contribution in [2.75, 3.05) is 7.05 Å². The minimum absolute atomic E-state index is 0.236. The molecule has 9 heavy (non-hydrogen) atoms. The van der Waals surface area contributed by atoms with Crippen molar-refractivity contribution in [2.24, 2.45) is 5.92 Å². The summed E-state index contributed by atoms with van der Waals surface area (Å²) in [6.07, 6.45) is 0.927. The molecule has 2 fully saturated rings. The van der Waals surface area contributed by atoms with Gasteiger partial charge in [-0.15, -0.1) is 0 Å². The molecule has 1 N–H and O–H groups in total. The van der Waals surface area contributed by atoms with Crippen LogP contribution in [-0.4, -0.2) is 29.2 Å². The highest BCUT2D eigenvalue weighted by atomic mass is 16.3. The number of hydrogen-bond acceptors (Lipinski definition) is 2. The van der Waals surface area contributed by atoms with Gasteiger partial charge in [-0.05, 0) is 6.42 Å².